The molecule has 0 saturated heterocycles. The molecule has 0 spiro atoms. The Balaban J connectivity index is 0.958. The van der Waals surface area contributed by atoms with E-state index in [2.05, 4.69) is 242 Å². The predicted octanol–water partition coefficient (Wildman–Crippen LogP) is 15.6. The van der Waals surface area contributed by atoms with Gasteiger partial charge in [-0.25, -0.2) is 0 Å². The minimum absolute atomic E-state index is 0.214. The van der Waals surface area contributed by atoms with E-state index in [0.717, 1.165) is 17.1 Å². The van der Waals surface area contributed by atoms with Crippen molar-refractivity contribution in [1.82, 2.24) is 4.57 Å². The molecular weight excluding hydrogens is 713 g/mol. The van der Waals surface area contributed by atoms with E-state index in [9.17, 15) is 0 Å². The summed E-state index contributed by atoms with van der Waals surface area (Å²) in [5.41, 5.74) is 19.4. The first-order valence-corrected chi connectivity index (χ1v) is 20.5. The second-order valence-corrected chi connectivity index (χ2v) is 16.2. The molecule has 0 unspecified atom stereocenters. The normalized spacial score (nSPS) is 12.7. The van der Waals surface area contributed by atoms with Gasteiger partial charge in [0.2, 0.25) is 0 Å². The van der Waals surface area contributed by atoms with Gasteiger partial charge in [-0.1, -0.05) is 166 Å². The third-order valence-corrected chi connectivity index (χ3v) is 12.4. The van der Waals surface area contributed by atoms with E-state index < -0.39 is 0 Å². The first-order valence-electron chi connectivity index (χ1n) is 20.5. The molecule has 0 fully saturated rings. The molecule has 0 bridgehead atoms. The molecule has 2 heteroatoms. The van der Waals surface area contributed by atoms with Gasteiger partial charge in [0, 0.05) is 38.9 Å². The summed E-state index contributed by atoms with van der Waals surface area (Å²) in [6.45, 7) is 4.77. The lowest BCUT2D eigenvalue weighted by Gasteiger charge is -2.28. The van der Waals surface area contributed by atoms with Crippen LogP contribution in [0, 0.1) is 0 Å². The van der Waals surface area contributed by atoms with E-state index in [1.165, 1.54) is 83.1 Å². The van der Waals surface area contributed by atoms with Crippen molar-refractivity contribution < 1.29 is 0 Å². The van der Waals surface area contributed by atoms with Crippen molar-refractivity contribution in [3.63, 3.8) is 0 Å². The van der Waals surface area contributed by atoms with Crippen molar-refractivity contribution >= 4 is 38.9 Å². The Bertz CT molecular complexity index is 3140. The van der Waals surface area contributed by atoms with Crippen LogP contribution in [0.1, 0.15) is 25.0 Å². The van der Waals surface area contributed by atoms with Crippen LogP contribution in [0.2, 0.25) is 0 Å². The average molecular weight is 755 g/mol. The number of fused-ring (bicyclic) bond motifs is 6. The molecule has 0 amide bonds. The summed E-state index contributed by atoms with van der Waals surface area (Å²) in [5, 5.41) is 2.53. The number of anilines is 3. The Kier molecular flexibility index (Phi) is 8.20. The van der Waals surface area contributed by atoms with Crippen LogP contribution in [0.5, 0.6) is 0 Å². The summed E-state index contributed by atoms with van der Waals surface area (Å²) >= 11 is 0. The molecule has 1 aliphatic rings. The molecule has 0 saturated carbocycles. The molecule has 1 heterocycles. The van der Waals surface area contributed by atoms with Crippen LogP contribution in [0.3, 0.4) is 0 Å². The second kappa shape index (κ2) is 13.9. The topological polar surface area (TPSA) is 8.17 Å². The Hall–Kier alpha value is -7.42. The van der Waals surface area contributed by atoms with Crippen LogP contribution in [0.15, 0.2) is 218 Å². The number of nitrogens with zero attached hydrogens (tertiary/aromatic N) is 2. The SMILES string of the molecule is CC1(C)c2cc(N(c3ccccc3)c3ccc(-c4ccc(-c5ccccc5)cc4)cc3)ccc2-c2ccc(-n3c4ccccc4c4cc(-c5ccccc5)ccc43)cc21. The zero-order chi connectivity index (χ0) is 39.5. The highest BCUT2D eigenvalue weighted by Crippen LogP contribution is 2.51. The summed E-state index contributed by atoms with van der Waals surface area (Å²) < 4.78 is 2.45. The minimum Gasteiger partial charge on any atom is -0.310 e. The Labute approximate surface area is 345 Å². The van der Waals surface area contributed by atoms with Crippen molar-refractivity contribution in [2.45, 2.75) is 19.3 Å². The number of para-hydroxylation sites is 2. The van der Waals surface area contributed by atoms with E-state index in [-0.39, 0.29) is 5.41 Å². The highest BCUT2D eigenvalue weighted by atomic mass is 15.1. The zero-order valence-corrected chi connectivity index (χ0v) is 33.2. The van der Waals surface area contributed by atoms with Crippen molar-refractivity contribution in [3.05, 3.63) is 230 Å². The van der Waals surface area contributed by atoms with E-state index >= 15 is 0 Å². The van der Waals surface area contributed by atoms with E-state index in [4.69, 9.17) is 0 Å². The number of aromatic nitrogens is 1. The first kappa shape index (κ1) is 34.8. The van der Waals surface area contributed by atoms with E-state index in [1.807, 2.05) is 0 Å². The van der Waals surface area contributed by atoms with Crippen LogP contribution in [-0.2, 0) is 5.41 Å². The number of rotatable bonds is 7. The smallest absolute Gasteiger partial charge is 0.0541 e. The molecule has 9 aromatic carbocycles. The summed E-state index contributed by atoms with van der Waals surface area (Å²) in [6.07, 6.45) is 0. The third kappa shape index (κ3) is 5.87. The average Bonchev–Trinajstić information content (AvgIpc) is 3.75. The van der Waals surface area contributed by atoms with Gasteiger partial charge in [0.25, 0.3) is 0 Å². The largest absolute Gasteiger partial charge is 0.310 e. The molecule has 0 aliphatic heterocycles. The van der Waals surface area contributed by atoms with Gasteiger partial charge in [0.1, 0.15) is 0 Å². The zero-order valence-electron chi connectivity index (χ0n) is 33.2. The van der Waals surface area contributed by atoms with Gasteiger partial charge in [0.05, 0.1) is 11.0 Å². The molecule has 1 aromatic heterocycles. The summed E-state index contributed by atoms with van der Waals surface area (Å²) in [7, 11) is 0. The van der Waals surface area contributed by atoms with Gasteiger partial charge < -0.3 is 9.47 Å². The maximum absolute atomic E-state index is 2.45. The molecule has 2 nitrogen and oxygen atoms in total. The monoisotopic (exact) mass is 754 g/mol. The highest BCUT2D eigenvalue weighted by Gasteiger charge is 2.36. The molecular formula is C57H42N2. The van der Waals surface area contributed by atoms with Gasteiger partial charge in [-0.15, -0.1) is 0 Å². The van der Waals surface area contributed by atoms with Crippen LogP contribution in [-0.4, -0.2) is 4.57 Å². The molecule has 0 N–H and O–H groups in total. The molecule has 11 rings (SSSR count). The summed E-state index contributed by atoms with van der Waals surface area (Å²) in [4.78, 5) is 2.38. The standard InChI is InChI=1S/C57H42N2/c1-57(2)53-37-47(58(45-18-10-5-11-19-45)46-29-26-43(27-30-46)42-24-22-41(23-25-42)39-14-6-3-7-15-39)31-33-49(53)50-34-32-48(38-54(50)57)59-55-21-13-12-20-51(55)52-36-44(28-35-56(52)59)40-16-8-4-9-17-40/h3-38H,1-2H3. The Morgan fingerprint density at radius 3 is 1.46 bits per heavy atom. The lowest BCUT2D eigenvalue weighted by molar-refractivity contribution is 0.660. The number of benzene rings is 9. The fraction of sp³-hybridized carbons (Fsp3) is 0.0526. The van der Waals surface area contributed by atoms with E-state index in [0.29, 0.717) is 0 Å². The molecule has 0 radical (unpaired) electrons. The fourth-order valence-electron chi connectivity index (χ4n) is 9.37. The quantitative estimate of drug-likeness (QED) is 0.157. The Morgan fingerprint density at radius 2 is 0.797 bits per heavy atom. The fourth-order valence-corrected chi connectivity index (χ4v) is 9.37. The van der Waals surface area contributed by atoms with Gasteiger partial charge in [-0.3, -0.25) is 0 Å². The Morgan fingerprint density at radius 1 is 0.339 bits per heavy atom. The highest BCUT2D eigenvalue weighted by molar-refractivity contribution is 6.10. The van der Waals surface area contributed by atoms with Gasteiger partial charge in [-0.2, -0.15) is 0 Å². The summed E-state index contributed by atoms with van der Waals surface area (Å²) in [5.74, 6) is 0. The van der Waals surface area contributed by atoms with Gasteiger partial charge in [0.15, 0.2) is 0 Å². The lowest BCUT2D eigenvalue weighted by atomic mass is 9.82. The van der Waals surface area contributed by atoms with Crippen molar-refractivity contribution in [2.24, 2.45) is 0 Å². The van der Waals surface area contributed by atoms with Crippen molar-refractivity contribution in [3.8, 4) is 50.2 Å². The summed E-state index contributed by atoms with van der Waals surface area (Å²) in [6, 6.07) is 79.7. The molecule has 1 aliphatic carbocycles. The van der Waals surface area contributed by atoms with Gasteiger partial charge >= 0.3 is 0 Å². The maximum Gasteiger partial charge on any atom is 0.0541 e. The minimum atomic E-state index is -0.214. The van der Waals surface area contributed by atoms with Crippen molar-refractivity contribution in [2.75, 3.05) is 4.90 Å². The first-order chi connectivity index (χ1) is 29.0. The molecule has 0 atom stereocenters. The van der Waals surface area contributed by atoms with Crippen LogP contribution >= 0.6 is 0 Å². The van der Waals surface area contributed by atoms with Crippen LogP contribution in [0.25, 0.3) is 72.0 Å². The van der Waals surface area contributed by atoms with Crippen molar-refractivity contribution in [1.29, 1.82) is 0 Å². The lowest BCUT2D eigenvalue weighted by Crippen LogP contribution is -2.17. The third-order valence-electron chi connectivity index (χ3n) is 12.4. The molecule has 280 valence electrons. The molecule has 10 aromatic rings. The second-order valence-electron chi connectivity index (χ2n) is 16.2. The van der Waals surface area contributed by atoms with Crippen LogP contribution < -0.4 is 4.90 Å². The maximum atomic E-state index is 2.45. The van der Waals surface area contributed by atoms with Crippen LogP contribution in [0.4, 0.5) is 17.1 Å². The number of hydrogen-bond donors (Lipinski definition) is 0. The molecule has 59 heavy (non-hydrogen) atoms. The van der Waals surface area contributed by atoms with Gasteiger partial charge in [-0.05, 0) is 122 Å². The predicted molar refractivity (Wildman–Crippen MR) is 249 cm³/mol. The van der Waals surface area contributed by atoms with E-state index in [1.54, 1.807) is 0 Å². The number of hydrogen-bond acceptors (Lipinski definition) is 1.